The molecule has 0 heterocycles. The SMILES string of the molecule is CCNC(=NCC(C(CC)CC)N(C)C)NCCSC. The van der Waals surface area contributed by atoms with Gasteiger partial charge in [0, 0.05) is 24.9 Å². The van der Waals surface area contributed by atoms with Gasteiger partial charge in [-0.05, 0) is 33.2 Å². The van der Waals surface area contributed by atoms with E-state index in [4.69, 9.17) is 4.99 Å². The summed E-state index contributed by atoms with van der Waals surface area (Å²) in [6.07, 6.45) is 4.55. The monoisotopic (exact) mass is 302 g/mol. The molecule has 0 radical (unpaired) electrons. The third-order valence-corrected chi connectivity index (χ3v) is 4.25. The number of likely N-dealkylation sites (N-methyl/N-ethyl adjacent to an activating group) is 1. The number of rotatable bonds is 10. The van der Waals surface area contributed by atoms with Gasteiger partial charge in [0.15, 0.2) is 5.96 Å². The molecule has 120 valence electrons. The molecule has 0 spiro atoms. The zero-order valence-electron chi connectivity index (χ0n) is 14.2. The van der Waals surface area contributed by atoms with Gasteiger partial charge in [0.1, 0.15) is 0 Å². The fourth-order valence-corrected chi connectivity index (χ4v) is 2.67. The van der Waals surface area contributed by atoms with Gasteiger partial charge in [-0.15, -0.1) is 0 Å². The fourth-order valence-electron chi connectivity index (χ4n) is 2.36. The Balaban J connectivity index is 4.58. The summed E-state index contributed by atoms with van der Waals surface area (Å²) >= 11 is 1.85. The molecule has 0 aliphatic rings. The second kappa shape index (κ2) is 12.3. The van der Waals surface area contributed by atoms with Gasteiger partial charge in [-0.2, -0.15) is 11.8 Å². The second-order valence-corrected chi connectivity index (χ2v) is 6.23. The van der Waals surface area contributed by atoms with Crippen LogP contribution in [0, 0.1) is 5.92 Å². The normalized spacial score (nSPS) is 13.9. The van der Waals surface area contributed by atoms with Gasteiger partial charge in [0.05, 0.1) is 6.54 Å². The number of hydrogen-bond acceptors (Lipinski definition) is 3. The maximum absolute atomic E-state index is 4.77. The lowest BCUT2D eigenvalue weighted by Crippen LogP contribution is -2.42. The van der Waals surface area contributed by atoms with Gasteiger partial charge in [0.25, 0.3) is 0 Å². The summed E-state index contributed by atoms with van der Waals surface area (Å²) in [6, 6.07) is 0.515. The highest BCUT2D eigenvalue weighted by atomic mass is 32.2. The lowest BCUT2D eigenvalue weighted by atomic mass is 9.93. The summed E-state index contributed by atoms with van der Waals surface area (Å²) in [5.74, 6) is 2.76. The highest BCUT2D eigenvalue weighted by molar-refractivity contribution is 7.98. The molecule has 4 nitrogen and oxygen atoms in total. The Kier molecular flexibility index (Phi) is 12.1. The van der Waals surface area contributed by atoms with Crippen LogP contribution in [-0.2, 0) is 0 Å². The minimum Gasteiger partial charge on any atom is -0.357 e. The lowest BCUT2D eigenvalue weighted by Gasteiger charge is -2.30. The van der Waals surface area contributed by atoms with E-state index in [9.17, 15) is 0 Å². The van der Waals surface area contributed by atoms with E-state index in [1.165, 1.54) is 12.8 Å². The number of guanidine groups is 1. The minimum atomic E-state index is 0.515. The molecule has 0 saturated heterocycles. The van der Waals surface area contributed by atoms with Crippen LogP contribution in [-0.4, -0.2) is 62.6 Å². The van der Waals surface area contributed by atoms with Crippen molar-refractivity contribution in [2.24, 2.45) is 10.9 Å². The molecule has 0 aromatic rings. The van der Waals surface area contributed by atoms with Gasteiger partial charge >= 0.3 is 0 Å². The molecule has 0 fully saturated rings. The van der Waals surface area contributed by atoms with Crippen molar-refractivity contribution >= 4 is 17.7 Å². The largest absolute Gasteiger partial charge is 0.357 e. The molecule has 0 aromatic carbocycles. The lowest BCUT2D eigenvalue weighted by molar-refractivity contribution is 0.206. The van der Waals surface area contributed by atoms with Gasteiger partial charge in [-0.25, -0.2) is 0 Å². The van der Waals surface area contributed by atoms with Crippen molar-refractivity contribution in [3.63, 3.8) is 0 Å². The summed E-state index contributed by atoms with van der Waals surface area (Å²) in [4.78, 5) is 7.08. The molecule has 0 amide bonds. The molecular formula is C15H34N4S. The molecule has 0 saturated carbocycles. The predicted molar refractivity (Wildman–Crippen MR) is 93.9 cm³/mol. The van der Waals surface area contributed by atoms with E-state index in [-0.39, 0.29) is 0 Å². The summed E-state index contributed by atoms with van der Waals surface area (Å²) in [6.45, 7) is 9.38. The first kappa shape index (κ1) is 19.6. The Hall–Kier alpha value is -0.420. The highest BCUT2D eigenvalue weighted by Gasteiger charge is 2.20. The molecule has 1 atom stereocenters. The van der Waals surface area contributed by atoms with Crippen LogP contribution in [0.15, 0.2) is 4.99 Å². The van der Waals surface area contributed by atoms with Crippen LogP contribution in [0.25, 0.3) is 0 Å². The van der Waals surface area contributed by atoms with Crippen molar-refractivity contribution in [1.82, 2.24) is 15.5 Å². The van der Waals surface area contributed by atoms with Crippen molar-refractivity contribution < 1.29 is 0 Å². The fraction of sp³-hybridized carbons (Fsp3) is 0.933. The van der Waals surface area contributed by atoms with Crippen LogP contribution in [0.3, 0.4) is 0 Å². The average molecular weight is 303 g/mol. The number of thioether (sulfide) groups is 1. The average Bonchev–Trinajstić information content (AvgIpc) is 2.43. The first-order valence-electron chi connectivity index (χ1n) is 7.78. The Morgan fingerprint density at radius 1 is 1.15 bits per heavy atom. The third kappa shape index (κ3) is 8.00. The zero-order valence-corrected chi connectivity index (χ0v) is 15.0. The highest BCUT2D eigenvalue weighted by Crippen LogP contribution is 2.17. The molecule has 1 unspecified atom stereocenters. The molecule has 0 rings (SSSR count). The zero-order chi connectivity index (χ0) is 15.4. The summed E-state index contributed by atoms with van der Waals surface area (Å²) in [7, 11) is 4.32. The first-order chi connectivity index (χ1) is 9.60. The van der Waals surface area contributed by atoms with Crippen LogP contribution in [0.5, 0.6) is 0 Å². The Morgan fingerprint density at radius 3 is 2.25 bits per heavy atom. The summed E-state index contributed by atoms with van der Waals surface area (Å²) in [5, 5.41) is 6.71. The van der Waals surface area contributed by atoms with E-state index in [1.807, 2.05) is 11.8 Å². The molecular weight excluding hydrogens is 268 g/mol. The van der Waals surface area contributed by atoms with E-state index in [0.29, 0.717) is 12.0 Å². The van der Waals surface area contributed by atoms with Crippen LogP contribution >= 0.6 is 11.8 Å². The standard InChI is InChI=1S/C15H34N4S/c1-7-13(8-2)14(19(4)5)12-18-15(16-9-3)17-10-11-20-6/h13-14H,7-12H2,1-6H3,(H2,16,17,18). The molecule has 20 heavy (non-hydrogen) atoms. The number of nitrogens with zero attached hydrogens (tertiary/aromatic N) is 2. The van der Waals surface area contributed by atoms with Gasteiger partial charge in [0.2, 0.25) is 0 Å². The van der Waals surface area contributed by atoms with E-state index in [0.717, 1.165) is 31.3 Å². The van der Waals surface area contributed by atoms with E-state index in [1.54, 1.807) is 0 Å². The number of aliphatic imine (C=N–C) groups is 1. The van der Waals surface area contributed by atoms with Gasteiger partial charge < -0.3 is 15.5 Å². The minimum absolute atomic E-state index is 0.515. The smallest absolute Gasteiger partial charge is 0.191 e. The summed E-state index contributed by atoms with van der Waals surface area (Å²) < 4.78 is 0. The first-order valence-corrected chi connectivity index (χ1v) is 9.17. The topological polar surface area (TPSA) is 39.7 Å². The van der Waals surface area contributed by atoms with Crippen molar-refractivity contribution in [3.05, 3.63) is 0 Å². The predicted octanol–water partition coefficient (Wildman–Crippen LogP) is 2.27. The van der Waals surface area contributed by atoms with E-state index >= 15 is 0 Å². The molecule has 5 heteroatoms. The second-order valence-electron chi connectivity index (χ2n) is 5.25. The van der Waals surface area contributed by atoms with Crippen LogP contribution in [0.1, 0.15) is 33.6 Å². The van der Waals surface area contributed by atoms with Gasteiger partial charge in [-0.1, -0.05) is 26.7 Å². The molecule has 0 aromatic heterocycles. The third-order valence-electron chi connectivity index (χ3n) is 3.64. The quantitative estimate of drug-likeness (QED) is 0.369. The van der Waals surface area contributed by atoms with E-state index < -0.39 is 0 Å². The molecule has 0 bridgehead atoms. The van der Waals surface area contributed by atoms with Crippen molar-refractivity contribution in [2.75, 3.05) is 45.7 Å². The molecule has 0 aliphatic carbocycles. The number of hydrogen-bond donors (Lipinski definition) is 2. The van der Waals surface area contributed by atoms with Crippen LogP contribution in [0.4, 0.5) is 0 Å². The number of nitrogens with one attached hydrogen (secondary N) is 2. The van der Waals surface area contributed by atoms with Crippen molar-refractivity contribution in [1.29, 1.82) is 0 Å². The molecule has 2 N–H and O–H groups in total. The van der Waals surface area contributed by atoms with Crippen LogP contribution < -0.4 is 10.6 Å². The summed E-state index contributed by atoms with van der Waals surface area (Å²) in [5.41, 5.74) is 0. The Bertz CT molecular complexity index is 252. The van der Waals surface area contributed by atoms with Crippen molar-refractivity contribution in [3.8, 4) is 0 Å². The van der Waals surface area contributed by atoms with E-state index in [2.05, 4.69) is 56.7 Å². The maximum Gasteiger partial charge on any atom is 0.191 e. The Labute approximate surface area is 130 Å². The van der Waals surface area contributed by atoms with Crippen molar-refractivity contribution in [2.45, 2.75) is 39.7 Å². The molecule has 0 aliphatic heterocycles. The Morgan fingerprint density at radius 2 is 1.80 bits per heavy atom. The van der Waals surface area contributed by atoms with Gasteiger partial charge in [-0.3, -0.25) is 4.99 Å². The van der Waals surface area contributed by atoms with Crippen LogP contribution in [0.2, 0.25) is 0 Å². The maximum atomic E-state index is 4.77.